The van der Waals surface area contributed by atoms with Crippen molar-refractivity contribution >= 4 is 17.5 Å². The minimum absolute atomic E-state index is 0.171. The molecule has 1 aromatic heterocycles. The Morgan fingerprint density at radius 3 is 2.76 bits per heavy atom. The summed E-state index contributed by atoms with van der Waals surface area (Å²) in [5.74, 6) is 1.22. The van der Waals surface area contributed by atoms with Crippen LogP contribution in [0.15, 0.2) is 30.6 Å². The molecular formula is C11H11ClN4O. The zero-order chi connectivity index (χ0) is 12.3. The van der Waals surface area contributed by atoms with Gasteiger partial charge in [-0.2, -0.15) is 4.98 Å². The van der Waals surface area contributed by atoms with Gasteiger partial charge in [0.25, 0.3) is 0 Å². The number of nitrogens with two attached hydrogens (primary N) is 1. The normalized spacial score (nSPS) is 12.1. The van der Waals surface area contributed by atoms with E-state index in [9.17, 15) is 0 Å². The summed E-state index contributed by atoms with van der Waals surface area (Å²) in [7, 11) is 0. The summed E-state index contributed by atoms with van der Waals surface area (Å²) in [5.41, 5.74) is 5.48. The molecule has 1 unspecified atom stereocenters. The Bertz CT molecular complexity index is 520. The molecule has 0 saturated heterocycles. The first-order chi connectivity index (χ1) is 8.16. The molecule has 0 spiro atoms. The summed E-state index contributed by atoms with van der Waals surface area (Å²) in [6.45, 7) is 1.82. The van der Waals surface area contributed by atoms with Crippen molar-refractivity contribution in [2.45, 2.75) is 13.0 Å². The maximum atomic E-state index is 5.98. The van der Waals surface area contributed by atoms with Crippen LogP contribution in [0.25, 0.3) is 0 Å². The van der Waals surface area contributed by atoms with E-state index in [0.29, 0.717) is 16.6 Å². The van der Waals surface area contributed by atoms with Gasteiger partial charge in [0.1, 0.15) is 12.1 Å². The first-order valence-corrected chi connectivity index (χ1v) is 5.40. The number of halogens is 1. The minimum atomic E-state index is -0.347. The van der Waals surface area contributed by atoms with Gasteiger partial charge in [0.05, 0.1) is 5.02 Å². The lowest BCUT2D eigenvalue weighted by Crippen LogP contribution is -2.10. The van der Waals surface area contributed by atoms with Gasteiger partial charge in [0.2, 0.25) is 5.95 Å². The third-order valence-corrected chi connectivity index (χ3v) is 2.43. The third kappa shape index (κ3) is 2.82. The Morgan fingerprint density at radius 2 is 2.06 bits per heavy atom. The second-order valence-electron chi connectivity index (χ2n) is 3.39. The van der Waals surface area contributed by atoms with E-state index in [2.05, 4.69) is 15.0 Å². The third-order valence-electron chi connectivity index (χ3n) is 2.11. The van der Waals surface area contributed by atoms with Crippen molar-refractivity contribution in [3.8, 4) is 5.75 Å². The van der Waals surface area contributed by atoms with Gasteiger partial charge >= 0.3 is 0 Å². The van der Waals surface area contributed by atoms with Crippen molar-refractivity contribution in [2.75, 3.05) is 5.73 Å². The van der Waals surface area contributed by atoms with Crippen LogP contribution in [0.1, 0.15) is 18.9 Å². The van der Waals surface area contributed by atoms with E-state index in [0.717, 1.165) is 0 Å². The van der Waals surface area contributed by atoms with Gasteiger partial charge in [-0.15, -0.1) is 0 Å². The fourth-order valence-corrected chi connectivity index (χ4v) is 1.48. The fraction of sp³-hybridized carbons (Fsp3) is 0.182. The van der Waals surface area contributed by atoms with Crippen LogP contribution in [0, 0.1) is 0 Å². The molecule has 17 heavy (non-hydrogen) atoms. The summed E-state index contributed by atoms with van der Waals surface area (Å²) in [5, 5.41) is 0.543. The van der Waals surface area contributed by atoms with Crippen LogP contribution in [0.4, 0.5) is 5.95 Å². The Labute approximate surface area is 104 Å². The number of hydrogen-bond donors (Lipinski definition) is 1. The number of anilines is 1. The van der Waals surface area contributed by atoms with E-state index in [1.807, 2.05) is 19.1 Å². The SMILES string of the molecule is CC(Oc1ccccc1Cl)c1ncnc(N)n1. The van der Waals surface area contributed by atoms with E-state index < -0.39 is 0 Å². The van der Waals surface area contributed by atoms with Crippen LogP contribution in [0.5, 0.6) is 5.75 Å². The number of benzene rings is 1. The molecule has 2 aromatic rings. The number of rotatable bonds is 3. The second kappa shape index (κ2) is 4.97. The van der Waals surface area contributed by atoms with Gasteiger partial charge in [0.15, 0.2) is 11.9 Å². The smallest absolute Gasteiger partial charge is 0.223 e. The molecule has 0 bridgehead atoms. The molecule has 1 aromatic carbocycles. The number of ether oxygens (including phenoxy) is 1. The molecule has 1 heterocycles. The van der Waals surface area contributed by atoms with Gasteiger partial charge in [-0.3, -0.25) is 0 Å². The number of nitrogens with zero attached hydrogens (tertiary/aromatic N) is 3. The standard InChI is InChI=1S/C11H11ClN4O/c1-7(10-14-6-15-11(13)16-10)17-9-5-3-2-4-8(9)12/h2-7H,1H3,(H2,13,14,15,16). The number of nitrogen functional groups attached to an aromatic ring is 1. The Hall–Kier alpha value is -1.88. The molecule has 5 nitrogen and oxygen atoms in total. The Morgan fingerprint density at radius 1 is 1.29 bits per heavy atom. The van der Waals surface area contributed by atoms with Crippen molar-refractivity contribution in [3.63, 3.8) is 0 Å². The number of para-hydroxylation sites is 1. The van der Waals surface area contributed by atoms with Crippen LogP contribution in [-0.2, 0) is 0 Å². The van der Waals surface area contributed by atoms with Crippen LogP contribution in [0.3, 0.4) is 0 Å². The van der Waals surface area contributed by atoms with Crippen LogP contribution in [-0.4, -0.2) is 15.0 Å². The van der Waals surface area contributed by atoms with Crippen molar-refractivity contribution in [2.24, 2.45) is 0 Å². The van der Waals surface area contributed by atoms with Crippen LogP contribution >= 0.6 is 11.6 Å². The Balaban J connectivity index is 2.17. The quantitative estimate of drug-likeness (QED) is 0.904. The first-order valence-electron chi connectivity index (χ1n) is 5.02. The van der Waals surface area contributed by atoms with Crippen molar-refractivity contribution in [1.29, 1.82) is 0 Å². The van der Waals surface area contributed by atoms with Crippen LogP contribution in [0.2, 0.25) is 5.02 Å². The molecule has 2 N–H and O–H groups in total. The molecule has 2 rings (SSSR count). The Kier molecular flexibility index (Phi) is 3.39. The lowest BCUT2D eigenvalue weighted by Gasteiger charge is -2.14. The van der Waals surface area contributed by atoms with Gasteiger partial charge in [0, 0.05) is 0 Å². The summed E-state index contributed by atoms with van der Waals surface area (Å²) >= 11 is 5.98. The van der Waals surface area contributed by atoms with Gasteiger partial charge in [-0.05, 0) is 19.1 Å². The van der Waals surface area contributed by atoms with E-state index in [-0.39, 0.29) is 12.1 Å². The number of aromatic nitrogens is 3. The topological polar surface area (TPSA) is 73.9 Å². The summed E-state index contributed by atoms with van der Waals surface area (Å²) in [6, 6.07) is 7.21. The summed E-state index contributed by atoms with van der Waals surface area (Å²) in [6.07, 6.45) is 1.00. The highest BCUT2D eigenvalue weighted by Gasteiger charge is 2.12. The van der Waals surface area contributed by atoms with Crippen molar-refractivity contribution in [1.82, 2.24) is 15.0 Å². The van der Waals surface area contributed by atoms with E-state index in [1.54, 1.807) is 12.1 Å². The lowest BCUT2D eigenvalue weighted by atomic mass is 10.3. The number of hydrogen-bond acceptors (Lipinski definition) is 5. The summed E-state index contributed by atoms with van der Waals surface area (Å²) in [4.78, 5) is 11.7. The molecule has 0 aliphatic rings. The van der Waals surface area contributed by atoms with Gasteiger partial charge in [-0.25, -0.2) is 9.97 Å². The molecule has 0 aliphatic heterocycles. The monoisotopic (exact) mass is 250 g/mol. The molecule has 0 saturated carbocycles. The fourth-order valence-electron chi connectivity index (χ4n) is 1.30. The predicted octanol–water partition coefficient (Wildman–Crippen LogP) is 2.25. The minimum Gasteiger partial charge on any atom is -0.481 e. The highest BCUT2D eigenvalue weighted by atomic mass is 35.5. The lowest BCUT2D eigenvalue weighted by molar-refractivity contribution is 0.216. The zero-order valence-electron chi connectivity index (χ0n) is 9.17. The molecule has 0 fully saturated rings. The highest BCUT2D eigenvalue weighted by Crippen LogP contribution is 2.27. The van der Waals surface area contributed by atoms with E-state index in [1.165, 1.54) is 6.33 Å². The van der Waals surface area contributed by atoms with E-state index in [4.69, 9.17) is 22.1 Å². The molecular weight excluding hydrogens is 240 g/mol. The molecule has 0 aliphatic carbocycles. The maximum Gasteiger partial charge on any atom is 0.223 e. The molecule has 6 heteroatoms. The molecule has 0 radical (unpaired) electrons. The highest BCUT2D eigenvalue weighted by molar-refractivity contribution is 6.32. The van der Waals surface area contributed by atoms with Crippen molar-refractivity contribution < 1.29 is 4.74 Å². The van der Waals surface area contributed by atoms with E-state index >= 15 is 0 Å². The maximum absolute atomic E-state index is 5.98. The van der Waals surface area contributed by atoms with Gasteiger partial charge in [-0.1, -0.05) is 23.7 Å². The largest absolute Gasteiger partial charge is 0.481 e. The van der Waals surface area contributed by atoms with Crippen LogP contribution < -0.4 is 10.5 Å². The predicted molar refractivity (Wildman–Crippen MR) is 64.7 cm³/mol. The molecule has 0 amide bonds. The zero-order valence-corrected chi connectivity index (χ0v) is 9.93. The first kappa shape index (κ1) is 11.6. The summed E-state index contributed by atoms with van der Waals surface area (Å²) < 4.78 is 5.65. The second-order valence-corrected chi connectivity index (χ2v) is 3.80. The molecule has 88 valence electrons. The van der Waals surface area contributed by atoms with Crippen molar-refractivity contribution in [3.05, 3.63) is 41.4 Å². The average Bonchev–Trinajstić information content (AvgIpc) is 2.32. The molecule has 1 atom stereocenters. The average molecular weight is 251 g/mol. The van der Waals surface area contributed by atoms with Gasteiger partial charge < -0.3 is 10.5 Å².